The maximum Gasteiger partial charge on any atom is 0.513 e. The third kappa shape index (κ3) is 3.76. The molecule has 0 aromatic heterocycles. The monoisotopic (exact) mass is 283 g/mol. The molecule has 2 rings (SSSR count). The molecule has 6 heteroatoms. The van der Waals surface area contributed by atoms with E-state index in [-0.39, 0.29) is 12.4 Å². The van der Waals surface area contributed by atoms with E-state index in [1.165, 1.54) is 0 Å². The Balaban J connectivity index is 2.06. The van der Waals surface area contributed by atoms with Crippen molar-refractivity contribution in [2.45, 2.75) is 6.42 Å². The number of halogens is 4. The Hall–Kier alpha value is -1.98. The van der Waals surface area contributed by atoms with Crippen LogP contribution >= 0.6 is 0 Å². The molecule has 1 nitrogen and oxygen atoms in total. The van der Waals surface area contributed by atoms with Crippen molar-refractivity contribution in [3.63, 3.8) is 0 Å². The average Bonchev–Trinajstić information content (AvgIpc) is 2.40. The van der Waals surface area contributed by atoms with Crippen LogP contribution in [0.3, 0.4) is 0 Å². The number of hydrogen-bond acceptors (Lipinski definition) is 1. The SMILES string of the molecule is Fc1ccc(OCCc2ccccc2)c([B-](F)(F)F)c1. The molecule has 0 amide bonds. The lowest BCUT2D eigenvalue weighted by Gasteiger charge is -2.19. The second-order valence-corrected chi connectivity index (χ2v) is 4.34. The lowest BCUT2D eigenvalue weighted by molar-refractivity contribution is 0.322. The zero-order valence-corrected chi connectivity index (χ0v) is 10.5. The first-order valence-corrected chi connectivity index (χ1v) is 6.13. The van der Waals surface area contributed by atoms with Gasteiger partial charge in [-0.2, -0.15) is 0 Å². The summed E-state index contributed by atoms with van der Waals surface area (Å²) in [5.41, 5.74) is -0.0632. The zero-order valence-electron chi connectivity index (χ0n) is 10.5. The van der Waals surface area contributed by atoms with Gasteiger partial charge in [0.15, 0.2) is 0 Å². The summed E-state index contributed by atoms with van der Waals surface area (Å²) in [6.45, 7) is -5.19. The van der Waals surface area contributed by atoms with Gasteiger partial charge in [-0.1, -0.05) is 35.8 Å². The van der Waals surface area contributed by atoms with Crippen molar-refractivity contribution in [1.29, 1.82) is 0 Å². The topological polar surface area (TPSA) is 9.23 Å². The van der Waals surface area contributed by atoms with Gasteiger partial charge < -0.3 is 17.7 Å². The molecule has 2 aromatic carbocycles. The van der Waals surface area contributed by atoms with E-state index in [0.717, 1.165) is 17.7 Å². The smallest absolute Gasteiger partial charge is 0.496 e. The van der Waals surface area contributed by atoms with Crippen molar-refractivity contribution in [1.82, 2.24) is 0 Å². The number of benzene rings is 2. The maximum absolute atomic E-state index is 12.9. The number of ether oxygens (including phenoxy) is 1. The molecule has 0 fully saturated rings. The molecular formula is C14H12BF4O-. The van der Waals surface area contributed by atoms with Gasteiger partial charge in [-0.3, -0.25) is 0 Å². The average molecular weight is 283 g/mol. The summed E-state index contributed by atoms with van der Waals surface area (Å²) >= 11 is 0. The first kappa shape index (κ1) is 14.4. The predicted molar refractivity (Wildman–Crippen MR) is 70.8 cm³/mol. The van der Waals surface area contributed by atoms with Crippen LogP contribution in [0.5, 0.6) is 5.75 Å². The Bertz CT molecular complexity index is 569. The van der Waals surface area contributed by atoms with Crippen LogP contribution in [0, 0.1) is 5.82 Å². The largest absolute Gasteiger partial charge is 0.513 e. The Morgan fingerprint density at radius 1 is 0.950 bits per heavy atom. The molecule has 0 N–H and O–H groups in total. The molecule has 20 heavy (non-hydrogen) atoms. The molecule has 0 saturated heterocycles. The molecule has 106 valence electrons. The Morgan fingerprint density at radius 2 is 1.65 bits per heavy atom. The minimum Gasteiger partial charge on any atom is -0.496 e. The Labute approximate surface area is 114 Å². The Kier molecular flexibility index (Phi) is 4.32. The third-order valence-electron chi connectivity index (χ3n) is 2.82. The number of rotatable bonds is 5. The second-order valence-electron chi connectivity index (χ2n) is 4.34. The summed E-state index contributed by atoms with van der Waals surface area (Å²) in [6.07, 6.45) is 0.489. The lowest BCUT2D eigenvalue weighted by Crippen LogP contribution is -2.35. The molecule has 0 saturated carbocycles. The van der Waals surface area contributed by atoms with E-state index in [1.807, 2.05) is 30.3 Å². The highest BCUT2D eigenvalue weighted by Crippen LogP contribution is 2.19. The van der Waals surface area contributed by atoms with Gasteiger partial charge in [0.2, 0.25) is 0 Å². The molecule has 0 unspecified atom stereocenters. The van der Waals surface area contributed by atoms with Crippen molar-refractivity contribution >= 4 is 12.4 Å². The third-order valence-corrected chi connectivity index (χ3v) is 2.82. The van der Waals surface area contributed by atoms with Crippen molar-refractivity contribution < 1.29 is 22.1 Å². The molecular weight excluding hydrogens is 271 g/mol. The lowest BCUT2D eigenvalue weighted by atomic mass is 9.79. The van der Waals surface area contributed by atoms with Crippen LogP contribution in [0.4, 0.5) is 17.3 Å². The fraction of sp³-hybridized carbons (Fsp3) is 0.143. The van der Waals surface area contributed by atoms with Gasteiger partial charge >= 0.3 is 6.98 Å². The minimum atomic E-state index is -5.30. The highest BCUT2D eigenvalue weighted by atomic mass is 19.4. The summed E-state index contributed by atoms with van der Waals surface area (Å²) in [5.74, 6) is -1.25. The van der Waals surface area contributed by atoms with Gasteiger partial charge in [0.1, 0.15) is 5.82 Å². The quantitative estimate of drug-likeness (QED) is 0.602. The minimum absolute atomic E-state index is 0.106. The molecule has 2 aromatic rings. The van der Waals surface area contributed by atoms with E-state index in [4.69, 9.17) is 4.74 Å². The summed E-state index contributed by atoms with van der Waals surface area (Å²) in [4.78, 5) is 0. The van der Waals surface area contributed by atoms with Crippen molar-refractivity contribution in [2.24, 2.45) is 0 Å². The zero-order chi connectivity index (χ0) is 14.6. The molecule has 0 spiro atoms. The molecule has 0 aliphatic carbocycles. The van der Waals surface area contributed by atoms with Crippen LogP contribution in [0.2, 0.25) is 0 Å². The summed E-state index contributed by atoms with van der Waals surface area (Å²) in [5, 5.41) is 0. The van der Waals surface area contributed by atoms with Crippen molar-refractivity contribution in [2.75, 3.05) is 6.61 Å². The number of hydrogen-bond donors (Lipinski definition) is 0. The van der Waals surface area contributed by atoms with Crippen LogP contribution in [0.15, 0.2) is 48.5 Å². The van der Waals surface area contributed by atoms with E-state index < -0.39 is 18.3 Å². The summed E-state index contributed by atoms with van der Waals surface area (Å²) in [7, 11) is 0. The van der Waals surface area contributed by atoms with E-state index in [1.54, 1.807) is 0 Å². The molecule has 0 atom stereocenters. The standard InChI is InChI=1S/C14H12BF4O/c16-12-6-7-14(13(10-12)15(17,18)19)20-9-8-11-4-2-1-3-5-11/h1-7,10H,8-9H2/q-1. The van der Waals surface area contributed by atoms with E-state index in [0.29, 0.717) is 12.5 Å². The molecule has 0 aliphatic heterocycles. The van der Waals surface area contributed by atoms with Crippen molar-refractivity contribution in [3.8, 4) is 5.75 Å². The van der Waals surface area contributed by atoms with Gasteiger partial charge in [-0.15, -0.1) is 0 Å². The summed E-state index contributed by atoms with van der Waals surface area (Å²) in [6, 6.07) is 11.7. The van der Waals surface area contributed by atoms with E-state index in [9.17, 15) is 17.3 Å². The van der Waals surface area contributed by atoms with Crippen molar-refractivity contribution in [3.05, 3.63) is 59.9 Å². The fourth-order valence-electron chi connectivity index (χ4n) is 1.83. The van der Waals surface area contributed by atoms with E-state index in [2.05, 4.69) is 0 Å². The molecule has 0 aliphatic rings. The first-order chi connectivity index (χ1) is 9.47. The Morgan fingerprint density at radius 3 is 2.30 bits per heavy atom. The van der Waals surface area contributed by atoms with Crippen LogP contribution in [0.25, 0.3) is 0 Å². The van der Waals surface area contributed by atoms with Gasteiger partial charge in [-0.25, -0.2) is 4.39 Å². The van der Waals surface area contributed by atoms with Gasteiger partial charge in [-0.05, 0) is 23.8 Å². The summed E-state index contributed by atoms with van der Waals surface area (Å²) < 4.78 is 56.5. The van der Waals surface area contributed by atoms with Gasteiger partial charge in [0.05, 0.1) is 12.4 Å². The highest BCUT2D eigenvalue weighted by Gasteiger charge is 2.29. The van der Waals surface area contributed by atoms with E-state index >= 15 is 0 Å². The van der Waals surface area contributed by atoms with Crippen LogP contribution in [-0.2, 0) is 6.42 Å². The van der Waals surface area contributed by atoms with Crippen LogP contribution in [0.1, 0.15) is 5.56 Å². The first-order valence-electron chi connectivity index (χ1n) is 6.13. The molecule has 0 radical (unpaired) electrons. The molecule has 0 bridgehead atoms. The van der Waals surface area contributed by atoms with Gasteiger partial charge in [0, 0.05) is 6.42 Å². The normalized spacial score (nSPS) is 11.4. The van der Waals surface area contributed by atoms with Crippen LogP contribution in [-0.4, -0.2) is 13.6 Å². The van der Waals surface area contributed by atoms with Crippen LogP contribution < -0.4 is 10.2 Å². The predicted octanol–water partition coefficient (Wildman–Crippen LogP) is 3.50. The highest BCUT2D eigenvalue weighted by molar-refractivity contribution is 6.74. The second kappa shape index (κ2) is 5.99. The fourth-order valence-corrected chi connectivity index (χ4v) is 1.83. The van der Waals surface area contributed by atoms with Gasteiger partial charge in [0.25, 0.3) is 0 Å². The molecule has 0 heterocycles. The maximum atomic E-state index is 12.9.